The van der Waals surface area contributed by atoms with E-state index in [4.69, 9.17) is 21.1 Å². The molecule has 0 atom stereocenters. The molecule has 2 aromatic rings. The molecule has 0 aliphatic carbocycles. The van der Waals surface area contributed by atoms with E-state index in [1.54, 1.807) is 39.8 Å². The molecule has 0 spiro atoms. The van der Waals surface area contributed by atoms with Gasteiger partial charge in [0, 0.05) is 16.1 Å². The van der Waals surface area contributed by atoms with Crippen molar-refractivity contribution in [1.29, 1.82) is 0 Å². The number of carbonyl (C=O) groups is 3. The van der Waals surface area contributed by atoms with Crippen LogP contribution >= 0.6 is 11.6 Å². The molecular weight excluding hydrogens is 432 g/mol. The molecule has 32 heavy (non-hydrogen) atoms. The van der Waals surface area contributed by atoms with Crippen LogP contribution in [0.3, 0.4) is 0 Å². The Balaban J connectivity index is 2.30. The first-order valence-electron chi connectivity index (χ1n) is 10.4. The number of anilines is 1. The Kier molecular flexibility index (Phi) is 6.51. The largest absolute Gasteiger partial charge is 0.476 e. The van der Waals surface area contributed by atoms with Crippen molar-refractivity contribution >= 4 is 35.2 Å². The molecule has 1 aliphatic rings. The molecule has 0 unspecified atom stereocenters. The smallest absolute Gasteiger partial charge is 0.349 e. The molecule has 3 amide bonds. The average Bonchev–Trinajstić information content (AvgIpc) is 3.06. The summed E-state index contributed by atoms with van der Waals surface area (Å²) in [6.45, 7) is 10.6. The van der Waals surface area contributed by atoms with Gasteiger partial charge in [0.2, 0.25) is 0 Å². The maximum Gasteiger partial charge on any atom is 0.349 e. The molecule has 0 radical (unpaired) electrons. The predicted octanol–water partition coefficient (Wildman–Crippen LogP) is 4.71. The molecule has 1 heterocycles. The number of halogens is 1. The quantitative estimate of drug-likeness (QED) is 0.500. The van der Waals surface area contributed by atoms with Gasteiger partial charge in [-0.1, -0.05) is 23.7 Å². The van der Waals surface area contributed by atoms with E-state index in [9.17, 15) is 14.4 Å². The highest BCUT2D eigenvalue weighted by atomic mass is 35.5. The summed E-state index contributed by atoms with van der Waals surface area (Å²) in [5.41, 5.74) is 2.75. The molecule has 170 valence electrons. The lowest BCUT2D eigenvalue weighted by Crippen LogP contribution is -2.40. The number of ether oxygens (including phenoxy) is 2. The van der Waals surface area contributed by atoms with Crippen molar-refractivity contribution in [3.8, 4) is 16.9 Å². The van der Waals surface area contributed by atoms with Gasteiger partial charge in [0.05, 0.1) is 18.8 Å². The van der Waals surface area contributed by atoms with Crippen molar-refractivity contribution in [3.05, 3.63) is 46.0 Å². The fourth-order valence-electron chi connectivity index (χ4n) is 3.79. The van der Waals surface area contributed by atoms with Crippen LogP contribution in [0.4, 0.5) is 10.5 Å². The van der Waals surface area contributed by atoms with E-state index in [1.165, 1.54) is 0 Å². The van der Waals surface area contributed by atoms with Crippen LogP contribution in [0.5, 0.6) is 5.75 Å². The van der Waals surface area contributed by atoms with Crippen molar-refractivity contribution in [2.24, 2.45) is 0 Å². The van der Waals surface area contributed by atoms with Crippen LogP contribution in [-0.4, -0.2) is 36.7 Å². The number of imide groups is 1. The Bertz CT molecular complexity index is 1090. The molecule has 1 N–H and O–H groups in total. The predicted molar refractivity (Wildman–Crippen MR) is 123 cm³/mol. The molecule has 3 rings (SSSR count). The van der Waals surface area contributed by atoms with E-state index in [-0.39, 0.29) is 19.1 Å². The number of hydrogen-bond donors (Lipinski definition) is 1. The zero-order chi connectivity index (χ0) is 23.8. The summed E-state index contributed by atoms with van der Waals surface area (Å²) in [4.78, 5) is 38.9. The Labute approximate surface area is 192 Å². The van der Waals surface area contributed by atoms with Crippen LogP contribution in [-0.2, 0) is 14.3 Å². The minimum atomic E-state index is -1.27. The zero-order valence-corrected chi connectivity index (χ0v) is 19.8. The number of hydrogen-bond acceptors (Lipinski definition) is 5. The Morgan fingerprint density at radius 3 is 2.41 bits per heavy atom. The number of rotatable bonds is 6. The van der Waals surface area contributed by atoms with Crippen molar-refractivity contribution in [2.75, 3.05) is 18.1 Å². The summed E-state index contributed by atoms with van der Waals surface area (Å²) in [6.07, 6.45) is 0. The second-order valence-corrected chi connectivity index (χ2v) is 8.60. The molecule has 0 bridgehead atoms. The molecule has 0 saturated carbocycles. The van der Waals surface area contributed by atoms with E-state index >= 15 is 0 Å². The summed E-state index contributed by atoms with van der Waals surface area (Å²) < 4.78 is 11.3. The summed E-state index contributed by atoms with van der Waals surface area (Å²) in [6, 6.07) is 6.71. The summed E-state index contributed by atoms with van der Waals surface area (Å²) in [7, 11) is 0. The zero-order valence-electron chi connectivity index (χ0n) is 19.1. The van der Waals surface area contributed by atoms with Gasteiger partial charge in [-0.3, -0.25) is 4.79 Å². The Morgan fingerprint density at radius 1 is 1.16 bits per heavy atom. The minimum Gasteiger partial charge on any atom is -0.476 e. The molecule has 7 nitrogen and oxygen atoms in total. The molecular formula is C24H27ClN2O5. The fraction of sp³-hybridized carbons (Fsp3) is 0.375. The number of nitrogens with one attached hydrogen (secondary N) is 1. The first-order valence-corrected chi connectivity index (χ1v) is 10.7. The average molecular weight is 459 g/mol. The number of esters is 1. The van der Waals surface area contributed by atoms with Crippen LogP contribution in [0.2, 0.25) is 5.02 Å². The maximum atomic E-state index is 12.7. The van der Waals surface area contributed by atoms with Crippen molar-refractivity contribution in [2.45, 2.75) is 47.1 Å². The second kappa shape index (κ2) is 8.82. The standard InChI is InChI=1S/C24H27ClN2O5/c1-7-31-22(29)24(5,6)32-21-14(3)13(2)19(16-9-8-10-17(25)11-16)20(15(21)4)27-18(28)12-26-23(27)30/h8-11H,7,12H2,1-6H3,(H,26,30). The van der Waals surface area contributed by atoms with E-state index in [2.05, 4.69) is 5.32 Å². The van der Waals surface area contributed by atoms with Crippen molar-refractivity contribution in [3.63, 3.8) is 0 Å². The first-order chi connectivity index (χ1) is 15.0. The molecule has 2 aromatic carbocycles. The Hall–Kier alpha value is -3.06. The normalized spacial score (nSPS) is 13.9. The highest BCUT2D eigenvalue weighted by Gasteiger charge is 2.38. The van der Waals surface area contributed by atoms with Crippen LogP contribution in [0.25, 0.3) is 11.1 Å². The van der Waals surface area contributed by atoms with Gasteiger partial charge in [-0.25, -0.2) is 14.5 Å². The first kappa shape index (κ1) is 23.6. The van der Waals surface area contributed by atoms with Gasteiger partial charge in [0.1, 0.15) is 5.75 Å². The lowest BCUT2D eigenvalue weighted by molar-refractivity contribution is -0.158. The van der Waals surface area contributed by atoms with Crippen LogP contribution < -0.4 is 15.0 Å². The van der Waals surface area contributed by atoms with Gasteiger partial charge >= 0.3 is 12.0 Å². The third kappa shape index (κ3) is 4.17. The van der Waals surface area contributed by atoms with Gasteiger partial charge in [-0.15, -0.1) is 0 Å². The van der Waals surface area contributed by atoms with Gasteiger partial charge < -0.3 is 14.8 Å². The lowest BCUT2D eigenvalue weighted by Gasteiger charge is -2.30. The van der Waals surface area contributed by atoms with Gasteiger partial charge in [-0.2, -0.15) is 0 Å². The fourth-order valence-corrected chi connectivity index (χ4v) is 3.98. The van der Waals surface area contributed by atoms with Gasteiger partial charge in [-0.05, 0) is 70.4 Å². The monoisotopic (exact) mass is 458 g/mol. The lowest BCUT2D eigenvalue weighted by atomic mass is 9.90. The second-order valence-electron chi connectivity index (χ2n) is 8.16. The number of nitrogens with zero attached hydrogens (tertiary/aromatic N) is 1. The third-order valence-corrected chi connectivity index (χ3v) is 5.75. The van der Waals surface area contributed by atoms with Gasteiger partial charge in [0.25, 0.3) is 5.91 Å². The van der Waals surface area contributed by atoms with Crippen LogP contribution in [0.15, 0.2) is 24.3 Å². The number of amides is 3. The summed E-state index contributed by atoms with van der Waals surface area (Å²) >= 11 is 6.24. The van der Waals surface area contributed by atoms with Gasteiger partial charge in [0.15, 0.2) is 5.60 Å². The van der Waals surface area contributed by atoms with E-state index < -0.39 is 17.6 Å². The van der Waals surface area contributed by atoms with Crippen molar-refractivity contribution < 1.29 is 23.9 Å². The molecule has 1 aliphatic heterocycles. The molecule has 0 aromatic heterocycles. The maximum absolute atomic E-state index is 12.7. The van der Waals surface area contributed by atoms with Crippen LogP contribution in [0, 0.1) is 20.8 Å². The summed E-state index contributed by atoms with van der Waals surface area (Å²) in [5, 5.41) is 3.10. The molecule has 1 fully saturated rings. The topological polar surface area (TPSA) is 84.9 Å². The highest BCUT2D eigenvalue weighted by molar-refractivity contribution is 6.31. The SMILES string of the molecule is CCOC(=O)C(C)(C)Oc1c(C)c(C)c(-c2cccc(Cl)c2)c(N2C(=O)CNC2=O)c1C. The van der Waals surface area contributed by atoms with E-state index in [0.717, 1.165) is 21.6 Å². The summed E-state index contributed by atoms with van der Waals surface area (Å²) in [5.74, 6) is -0.457. The van der Waals surface area contributed by atoms with Crippen molar-refractivity contribution in [1.82, 2.24) is 5.32 Å². The van der Waals surface area contributed by atoms with E-state index in [1.807, 2.05) is 26.0 Å². The minimum absolute atomic E-state index is 0.0926. The number of carbonyl (C=O) groups excluding carboxylic acids is 3. The highest BCUT2D eigenvalue weighted by Crippen LogP contribution is 2.46. The number of benzene rings is 2. The van der Waals surface area contributed by atoms with E-state index in [0.29, 0.717) is 27.6 Å². The number of urea groups is 1. The Morgan fingerprint density at radius 2 is 1.84 bits per heavy atom. The molecule has 8 heteroatoms. The van der Waals surface area contributed by atoms with Crippen LogP contribution in [0.1, 0.15) is 37.5 Å². The molecule has 1 saturated heterocycles. The third-order valence-electron chi connectivity index (χ3n) is 5.52.